The van der Waals surface area contributed by atoms with E-state index in [9.17, 15) is 35.5 Å². The summed E-state index contributed by atoms with van der Waals surface area (Å²) in [6.07, 6.45) is -3.33. The van der Waals surface area contributed by atoms with Crippen molar-refractivity contribution in [3.8, 4) is 0 Å². The molecular formula is C23H20F7NO. The average Bonchev–Trinajstić information content (AvgIpc) is 2.89. The van der Waals surface area contributed by atoms with Gasteiger partial charge in [-0.1, -0.05) is 54.6 Å². The van der Waals surface area contributed by atoms with Crippen molar-refractivity contribution in [3.63, 3.8) is 0 Å². The maximum atomic E-state index is 13.7. The molecule has 0 bridgehead atoms. The van der Waals surface area contributed by atoms with Gasteiger partial charge in [-0.2, -0.15) is 30.7 Å². The van der Waals surface area contributed by atoms with E-state index in [1.54, 1.807) is 6.08 Å². The van der Waals surface area contributed by atoms with Crippen molar-refractivity contribution in [2.75, 3.05) is 13.6 Å². The minimum Gasteiger partial charge on any atom is -0.340 e. The van der Waals surface area contributed by atoms with Crippen molar-refractivity contribution in [3.05, 3.63) is 76.9 Å². The minimum absolute atomic E-state index is 0.0199. The van der Waals surface area contributed by atoms with E-state index in [1.165, 1.54) is 0 Å². The third kappa shape index (κ3) is 4.25. The highest BCUT2D eigenvalue weighted by Crippen LogP contribution is 2.47. The number of hydrogen-bond acceptors (Lipinski definition) is 1. The molecule has 0 aliphatic heterocycles. The Hall–Kier alpha value is -2.84. The van der Waals surface area contributed by atoms with Crippen LogP contribution in [0, 0.1) is 0 Å². The SMILES string of the molecule is CN(CCC=C1c2ccccc2CCc2ccccc21)C(=O)C(F)(F)C(F)(F)C(F)(F)F. The number of carbonyl (C=O) groups is 1. The zero-order chi connectivity index (χ0) is 23.7. The lowest BCUT2D eigenvalue weighted by Gasteiger charge is -2.30. The molecule has 0 spiro atoms. The third-order valence-corrected chi connectivity index (χ3v) is 5.46. The van der Waals surface area contributed by atoms with Gasteiger partial charge in [-0.15, -0.1) is 0 Å². The van der Waals surface area contributed by atoms with E-state index in [-0.39, 0.29) is 11.3 Å². The maximum Gasteiger partial charge on any atom is 0.460 e. The second-order valence-electron chi connectivity index (χ2n) is 7.59. The maximum absolute atomic E-state index is 13.7. The molecule has 1 aliphatic rings. The molecule has 0 saturated heterocycles. The number of carbonyl (C=O) groups excluding carboxylic acids is 1. The van der Waals surface area contributed by atoms with Crippen LogP contribution in [0.15, 0.2) is 54.6 Å². The fourth-order valence-corrected chi connectivity index (χ4v) is 3.69. The lowest BCUT2D eigenvalue weighted by atomic mass is 9.93. The van der Waals surface area contributed by atoms with Crippen LogP contribution in [-0.2, 0) is 17.6 Å². The van der Waals surface area contributed by atoms with Crippen molar-refractivity contribution < 1.29 is 35.5 Å². The number of alkyl halides is 7. The van der Waals surface area contributed by atoms with Crippen LogP contribution in [0.2, 0.25) is 0 Å². The van der Waals surface area contributed by atoms with Crippen molar-refractivity contribution in [1.82, 2.24) is 4.90 Å². The first kappa shape index (κ1) is 23.8. The van der Waals surface area contributed by atoms with E-state index >= 15 is 0 Å². The monoisotopic (exact) mass is 459 g/mol. The van der Waals surface area contributed by atoms with E-state index in [0.29, 0.717) is 0 Å². The summed E-state index contributed by atoms with van der Waals surface area (Å²) < 4.78 is 90.8. The Kier molecular flexibility index (Phi) is 6.40. The fraction of sp³-hybridized carbons (Fsp3) is 0.348. The number of hydrogen-bond donors (Lipinski definition) is 0. The molecule has 2 aromatic carbocycles. The topological polar surface area (TPSA) is 20.3 Å². The van der Waals surface area contributed by atoms with Crippen molar-refractivity contribution in [2.45, 2.75) is 37.3 Å². The number of rotatable bonds is 5. The summed E-state index contributed by atoms with van der Waals surface area (Å²) in [5.74, 6) is -15.0. The summed E-state index contributed by atoms with van der Waals surface area (Å²) in [5, 5.41) is 0. The molecule has 0 atom stereocenters. The number of amides is 1. The van der Waals surface area contributed by atoms with Crippen LogP contribution in [0.25, 0.3) is 5.57 Å². The number of halogens is 7. The van der Waals surface area contributed by atoms with Gasteiger partial charge in [-0.25, -0.2) is 0 Å². The molecule has 1 amide bonds. The van der Waals surface area contributed by atoms with Crippen LogP contribution in [0.5, 0.6) is 0 Å². The Morgan fingerprint density at radius 1 is 0.875 bits per heavy atom. The van der Waals surface area contributed by atoms with Gasteiger partial charge < -0.3 is 4.90 Å². The molecule has 32 heavy (non-hydrogen) atoms. The van der Waals surface area contributed by atoms with Crippen molar-refractivity contribution in [2.24, 2.45) is 0 Å². The van der Waals surface area contributed by atoms with Crippen LogP contribution < -0.4 is 0 Å². The second kappa shape index (κ2) is 8.60. The van der Waals surface area contributed by atoms with E-state index in [4.69, 9.17) is 0 Å². The summed E-state index contributed by atoms with van der Waals surface area (Å²) in [6.45, 7) is -0.462. The van der Waals surface area contributed by atoms with Crippen molar-refractivity contribution >= 4 is 11.5 Å². The summed E-state index contributed by atoms with van der Waals surface area (Å²) in [6, 6.07) is 15.2. The highest BCUT2D eigenvalue weighted by Gasteiger charge is 2.76. The lowest BCUT2D eigenvalue weighted by Crippen LogP contribution is -2.59. The third-order valence-electron chi connectivity index (χ3n) is 5.46. The lowest BCUT2D eigenvalue weighted by molar-refractivity contribution is -0.345. The van der Waals surface area contributed by atoms with Gasteiger partial charge >= 0.3 is 18.0 Å². The molecule has 2 nitrogen and oxygen atoms in total. The van der Waals surface area contributed by atoms with Crippen LogP contribution in [-0.4, -0.2) is 42.4 Å². The molecule has 1 aliphatic carbocycles. The summed E-state index contributed by atoms with van der Waals surface area (Å²) in [5.41, 5.74) is 4.76. The van der Waals surface area contributed by atoms with Gasteiger partial charge in [0, 0.05) is 13.6 Å². The Bertz CT molecular complexity index is 978. The smallest absolute Gasteiger partial charge is 0.340 e. The van der Waals surface area contributed by atoms with Gasteiger partial charge in [0.05, 0.1) is 0 Å². The normalized spacial score (nSPS) is 14.3. The van der Waals surface area contributed by atoms with Crippen molar-refractivity contribution in [1.29, 1.82) is 0 Å². The predicted molar refractivity (Wildman–Crippen MR) is 106 cm³/mol. The van der Waals surface area contributed by atoms with Gasteiger partial charge in [0.2, 0.25) is 0 Å². The zero-order valence-corrected chi connectivity index (χ0v) is 17.0. The molecule has 0 saturated carbocycles. The molecule has 0 N–H and O–H groups in total. The minimum atomic E-state index is -6.55. The van der Waals surface area contributed by atoms with Gasteiger partial charge in [0.15, 0.2) is 0 Å². The quantitative estimate of drug-likeness (QED) is 0.510. The summed E-state index contributed by atoms with van der Waals surface area (Å²) in [7, 11) is 0.774. The van der Waals surface area contributed by atoms with E-state index in [2.05, 4.69) is 0 Å². The highest BCUT2D eigenvalue weighted by atomic mass is 19.4. The molecule has 0 unspecified atom stereocenters. The van der Waals surface area contributed by atoms with E-state index in [0.717, 1.165) is 47.7 Å². The van der Waals surface area contributed by atoms with E-state index in [1.807, 2.05) is 48.5 Å². The van der Waals surface area contributed by atoms with Gasteiger partial charge in [0.1, 0.15) is 0 Å². The Labute approximate surface area is 180 Å². The number of nitrogens with zero attached hydrogens (tertiary/aromatic N) is 1. The molecule has 9 heteroatoms. The number of fused-ring (bicyclic) bond motifs is 2. The highest BCUT2D eigenvalue weighted by molar-refractivity contribution is 5.85. The molecular weight excluding hydrogens is 439 g/mol. The molecule has 0 aromatic heterocycles. The first-order valence-corrected chi connectivity index (χ1v) is 9.82. The molecule has 2 aromatic rings. The summed E-state index contributed by atoms with van der Waals surface area (Å²) in [4.78, 5) is 12.0. The molecule has 0 heterocycles. The van der Waals surface area contributed by atoms with Gasteiger partial charge in [-0.3, -0.25) is 4.79 Å². The van der Waals surface area contributed by atoms with Gasteiger partial charge in [0.25, 0.3) is 5.91 Å². The fourth-order valence-electron chi connectivity index (χ4n) is 3.69. The average molecular weight is 459 g/mol. The number of benzene rings is 2. The second-order valence-corrected chi connectivity index (χ2v) is 7.59. The molecule has 0 radical (unpaired) electrons. The van der Waals surface area contributed by atoms with Crippen LogP contribution in [0.3, 0.4) is 0 Å². The Morgan fingerprint density at radius 3 is 1.81 bits per heavy atom. The standard InChI is InChI=1S/C23H20F7NO/c1-31(20(32)21(24,25)22(26,27)23(28,29)30)14-6-11-19-17-9-4-2-7-15(17)12-13-16-8-3-5-10-18(16)19/h2-5,7-11H,6,12-14H2,1H3. The largest absolute Gasteiger partial charge is 0.460 e. The molecule has 0 fully saturated rings. The van der Waals surface area contributed by atoms with E-state index < -0.39 is 30.5 Å². The van der Waals surface area contributed by atoms with Crippen LogP contribution in [0.1, 0.15) is 28.7 Å². The summed E-state index contributed by atoms with van der Waals surface area (Å²) >= 11 is 0. The van der Waals surface area contributed by atoms with Gasteiger partial charge in [-0.05, 0) is 47.1 Å². The van der Waals surface area contributed by atoms with Crippen LogP contribution in [0.4, 0.5) is 30.7 Å². The zero-order valence-electron chi connectivity index (χ0n) is 17.0. The first-order valence-electron chi connectivity index (χ1n) is 9.82. The first-order chi connectivity index (χ1) is 14.9. The predicted octanol–water partition coefficient (Wildman–Crippen LogP) is 5.90. The Morgan fingerprint density at radius 2 is 1.34 bits per heavy atom. The molecule has 172 valence electrons. The number of aryl methyl sites for hydroxylation is 2. The van der Waals surface area contributed by atoms with Crippen LogP contribution >= 0.6 is 0 Å². The Balaban J connectivity index is 1.84. The molecule has 3 rings (SSSR count).